The highest BCUT2D eigenvalue weighted by Crippen LogP contribution is 2.15. The molecule has 0 aliphatic rings. The number of hydrogen-bond donors (Lipinski definition) is 1. The van der Waals surface area contributed by atoms with E-state index in [-0.39, 0.29) is 0 Å². The lowest BCUT2D eigenvalue weighted by atomic mass is 10.2. The maximum atomic E-state index is 12.2. The third-order valence-corrected chi connectivity index (χ3v) is 4.47. The predicted molar refractivity (Wildman–Crippen MR) is 74.9 cm³/mol. The van der Waals surface area contributed by atoms with E-state index < -0.39 is 10.8 Å². The number of nitrogens with one attached hydrogen (secondary N) is 1. The minimum absolute atomic E-state index is 0.302. The van der Waals surface area contributed by atoms with Crippen molar-refractivity contribution in [1.29, 1.82) is 0 Å². The summed E-state index contributed by atoms with van der Waals surface area (Å²) in [5.41, 5.74) is 2.35. The van der Waals surface area contributed by atoms with Crippen LogP contribution in [-0.2, 0) is 10.8 Å². The summed E-state index contributed by atoms with van der Waals surface area (Å²) in [6.45, 7) is 9.32. The van der Waals surface area contributed by atoms with E-state index in [1.54, 1.807) is 0 Å². The third kappa shape index (κ3) is 4.60. The van der Waals surface area contributed by atoms with Crippen molar-refractivity contribution in [3.63, 3.8) is 0 Å². The molecule has 0 saturated heterocycles. The molecule has 1 aromatic rings. The van der Waals surface area contributed by atoms with Crippen LogP contribution in [0.5, 0.6) is 0 Å². The van der Waals surface area contributed by atoms with Crippen LogP contribution in [0.2, 0.25) is 0 Å². The molecule has 2 nitrogen and oxygen atoms in total. The average molecular weight is 253 g/mol. The number of benzene rings is 1. The molecule has 1 N–H and O–H groups in total. The second-order valence-electron chi connectivity index (χ2n) is 4.64. The fraction of sp³-hybridized carbons (Fsp3) is 0.571. The van der Waals surface area contributed by atoms with Crippen molar-refractivity contribution in [3.8, 4) is 0 Å². The molecular formula is C14H23NOS. The Kier molecular flexibility index (Phi) is 5.86. The van der Waals surface area contributed by atoms with Crippen molar-refractivity contribution in [3.05, 3.63) is 29.3 Å². The van der Waals surface area contributed by atoms with Gasteiger partial charge in [-0.25, -0.2) is 0 Å². The Labute approximate surface area is 107 Å². The van der Waals surface area contributed by atoms with E-state index in [1.807, 2.05) is 19.1 Å². The van der Waals surface area contributed by atoms with E-state index in [2.05, 4.69) is 32.2 Å². The first-order valence-electron chi connectivity index (χ1n) is 6.23. The zero-order chi connectivity index (χ0) is 12.8. The summed E-state index contributed by atoms with van der Waals surface area (Å²) < 4.78 is 12.2. The normalized spacial score (nSPS) is 14.6. The Bertz CT molecular complexity index is 390. The molecule has 0 saturated carbocycles. The molecule has 96 valence electrons. The highest BCUT2D eigenvalue weighted by atomic mass is 32.2. The van der Waals surface area contributed by atoms with Crippen molar-refractivity contribution in [1.82, 2.24) is 5.32 Å². The van der Waals surface area contributed by atoms with Gasteiger partial charge in [-0.1, -0.05) is 24.6 Å². The smallest absolute Gasteiger partial charge is 0.0547 e. The first kappa shape index (κ1) is 14.4. The van der Waals surface area contributed by atoms with Gasteiger partial charge in [0.1, 0.15) is 0 Å². The molecule has 0 radical (unpaired) electrons. The van der Waals surface area contributed by atoms with Gasteiger partial charge in [-0.05, 0) is 45.4 Å². The lowest BCUT2D eigenvalue weighted by molar-refractivity contribution is 0.582. The van der Waals surface area contributed by atoms with Gasteiger partial charge in [-0.2, -0.15) is 0 Å². The van der Waals surface area contributed by atoms with Crippen LogP contribution >= 0.6 is 0 Å². The second-order valence-corrected chi connectivity index (χ2v) is 6.10. The topological polar surface area (TPSA) is 29.1 Å². The molecule has 1 aromatic carbocycles. The number of hydrogen-bond acceptors (Lipinski definition) is 2. The Hall–Kier alpha value is -0.670. The molecule has 2 unspecified atom stereocenters. The first-order chi connectivity index (χ1) is 8.04. The van der Waals surface area contributed by atoms with E-state index in [9.17, 15) is 4.21 Å². The third-order valence-electron chi connectivity index (χ3n) is 2.72. The van der Waals surface area contributed by atoms with Crippen LogP contribution in [0.3, 0.4) is 0 Å². The van der Waals surface area contributed by atoms with Gasteiger partial charge in [0, 0.05) is 16.7 Å². The van der Waals surface area contributed by atoms with Crippen LogP contribution in [-0.4, -0.2) is 22.5 Å². The Morgan fingerprint density at radius 1 is 1.35 bits per heavy atom. The van der Waals surface area contributed by atoms with Gasteiger partial charge < -0.3 is 5.32 Å². The summed E-state index contributed by atoms with van der Waals surface area (Å²) in [5.74, 6) is 0.684. The Balaban J connectivity index is 2.63. The minimum atomic E-state index is -0.899. The van der Waals surface area contributed by atoms with Crippen LogP contribution in [0, 0.1) is 13.8 Å². The van der Waals surface area contributed by atoms with Gasteiger partial charge >= 0.3 is 0 Å². The molecule has 0 fully saturated rings. The van der Waals surface area contributed by atoms with Crippen LogP contribution in [0.4, 0.5) is 0 Å². The van der Waals surface area contributed by atoms with Crippen molar-refractivity contribution in [2.45, 2.75) is 45.1 Å². The monoisotopic (exact) mass is 253 g/mol. The van der Waals surface area contributed by atoms with Crippen LogP contribution in [0.15, 0.2) is 23.1 Å². The average Bonchev–Trinajstić information content (AvgIpc) is 2.26. The van der Waals surface area contributed by atoms with Crippen LogP contribution in [0.25, 0.3) is 0 Å². The molecule has 17 heavy (non-hydrogen) atoms. The molecule has 0 spiro atoms. The fourth-order valence-electron chi connectivity index (χ4n) is 1.82. The van der Waals surface area contributed by atoms with Crippen LogP contribution < -0.4 is 5.32 Å². The van der Waals surface area contributed by atoms with E-state index in [4.69, 9.17) is 0 Å². The molecule has 2 atom stereocenters. The maximum absolute atomic E-state index is 12.2. The summed E-state index contributed by atoms with van der Waals surface area (Å²) >= 11 is 0. The van der Waals surface area contributed by atoms with Gasteiger partial charge in [0.05, 0.1) is 10.8 Å². The SMILES string of the molecule is CCCNC(C)CS(=O)c1ccc(C)cc1C. The quantitative estimate of drug-likeness (QED) is 0.844. The number of aryl methyl sites for hydroxylation is 2. The second kappa shape index (κ2) is 6.92. The molecule has 0 aliphatic heterocycles. The highest BCUT2D eigenvalue weighted by molar-refractivity contribution is 7.85. The molecule has 0 bridgehead atoms. The van der Waals surface area contributed by atoms with E-state index in [0.717, 1.165) is 23.4 Å². The molecule has 0 aliphatic carbocycles. The maximum Gasteiger partial charge on any atom is 0.0547 e. The Morgan fingerprint density at radius 3 is 2.65 bits per heavy atom. The summed E-state index contributed by atoms with van der Waals surface area (Å²) in [6, 6.07) is 6.42. The molecule has 3 heteroatoms. The van der Waals surface area contributed by atoms with Gasteiger partial charge in [0.15, 0.2) is 0 Å². The van der Waals surface area contributed by atoms with Crippen molar-refractivity contribution >= 4 is 10.8 Å². The zero-order valence-corrected chi connectivity index (χ0v) is 12.1. The standard InChI is InChI=1S/C14H23NOS/c1-5-8-15-13(4)10-17(16)14-7-6-11(2)9-12(14)3/h6-7,9,13,15H,5,8,10H2,1-4H3. The van der Waals surface area contributed by atoms with Crippen molar-refractivity contribution in [2.75, 3.05) is 12.3 Å². The highest BCUT2D eigenvalue weighted by Gasteiger charge is 2.11. The summed E-state index contributed by atoms with van der Waals surface area (Å²) in [7, 11) is -0.899. The number of rotatable bonds is 6. The fourth-order valence-corrected chi connectivity index (χ4v) is 3.21. The summed E-state index contributed by atoms with van der Waals surface area (Å²) in [5, 5.41) is 3.37. The zero-order valence-electron chi connectivity index (χ0n) is 11.2. The van der Waals surface area contributed by atoms with E-state index >= 15 is 0 Å². The molecule has 1 rings (SSSR count). The van der Waals surface area contributed by atoms with Gasteiger partial charge in [0.25, 0.3) is 0 Å². The van der Waals surface area contributed by atoms with Crippen molar-refractivity contribution in [2.24, 2.45) is 0 Å². The summed E-state index contributed by atoms with van der Waals surface area (Å²) in [6.07, 6.45) is 1.11. The van der Waals surface area contributed by atoms with Crippen LogP contribution in [0.1, 0.15) is 31.4 Å². The molecular weight excluding hydrogens is 230 g/mol. The van der Waals surface area contributed by atoms with E-state index in [1.165, 1.54) is 5.56 Å². The molecule has 0 amide bonds. The first-order valence-corrected chi connectivity index (χ1v) is 7.55. The summed E-state index contributed by atoms with van der Waals surface area (Å²) in [4.78, 5) is 0.973. The van der Waals surface area contributed by atoms with Gasteiger partial charge in [-0.3, -0.25) is 4.21 Å². The molecule has 0 aromatic heterocycles. The van der Waals surface area contributed by atoms with Crippen molar-refractivity contribution < 1.29 is 4.21 Å². The lowest BCUT2D eigenvalue weighted by Crippen LogP contribution is -2.31. The van der Waals surface area contributed by atoms with E-state index in [0.29, 0.717) is 11.8 Å². The predicted octanol–water partition coefficient (Wildman–Crippen LogP) is 2.80. The Morgan fingerprint density at radius 2 is 2.06 bits per heavy atom. The van der Waals surface area contributed by atoms with Gasteiger partial charge in [-0.15, -0.1) is 0 Å². The minimum Gasteiger partial charge on any atom is -0.313 e. The lowest BCUT2D eigenvalue weighted by Gasteiger charge is -2.14. The van der Waals surface area contributed by atoms with Gasteiger partial charge in [0.2, 0.25) is 0 Å². The molecule has 0 heterocycles. The largest absolute Gasteiger partial charge is 0.313 e.